The maximum absolute atomic E-state index is 11.5. The van der Waals surface area contributed by atoms with Gasteiger partial charge in [0.25, 0.3) is 0 Å². The quantitative estimate of drug-likeness (QED) is 0.763. The zero-order chi connectivity index (χ0) is 12.9. The van der Waals surface area contributed by atoms with E-state index in [0.29, 0.717) is 13.2 Å². The van der Waals surface area contributed by atoms with Crippen LogP contribution in [0.4, 0.5) is 4.79 Å². The normalized spacial score (nSPS) is 19.5. The van der Waals surface area contributed by atoms with Crippen molar-refractivity contribution in [3.63, 3.8) is 0 Å². The van der Waals surface area contributed by atoms with Crippen LogP contribution in [0, 0.1) is 5.92 Å². The van der Waals surface area contributed by atoms with Gasteiger partial charge in [0.05, 0.1) is 6.04 Å². The second-order valence-electron chi connectivity index (χ2n) is 5.26. The van der Waals surface area contributed by atoms with Gasteiger partial charge in [-0.3, -0.25) is 0 Å². The van der Waals surface area contributed by atoms with Crippen LogP contribution in [0.2, 0.25) is 0 Å². The Balaban J connectivity index is 2.45. The molecule has 1 atom stereocenters. The molecule has 0 aliphatic carbocycles. The Hall–Kier alpha value is -1.10. The molecule has 5 heteroatoms. The Morgan fingerprint density at radius 2 is 2.00 bits per heavy atom. The van der Waals surface area contributed by atoms with Crippen molar-refractivity contribution in [3.05, 3.63) is 0 Å². The topological polar surface area (TPSA) is 64.6 Å². The van der Waals surface area contributed by atoms with Gasteiger partial charge in [-0.15, -0.1) is 0 Å². The lowest BCUT2D eigenvalue weighted by Gasteiger charge is -2.28. The van der Waals surface area contributed by atoms with Crippen molar-refractivity contribution in [2.24, 2.45) is 5.92 Å². The molecule has 0 aromatic rings. The molecule has 0 radical (unpaired) electrons. The molecule has 0 spiro atoms. The van der Waals surface area contributed by atoms with Gasteiger partial charge in [0.2, 0.25) is 0 Å². The van der Waals surface area contributed by atoms with Gasteiger partial charge in [0.1, 0.15) is 11.9 Å². The highest BCUT2D eigenvalue weighted by atomic mass is 16.6. The number of rotatable bonds is 3. The van der Waals surface area contributed by atoms with Crippen molar-refractivity contribution < 1.29 is 19.1 Å². The van der Waals surface area contributed by atoms with Crippen molar-refractivity contribution in [3.8, 4) is 0 Å². The second kappa shape index (κ2) is 6.00. The monoisotopic (exact) mass is 243 g/mol. The summed E-state index contributed by atoms with van der Waals surface area (Å²) < 4.78 is 10.3. The zero-order valence-corrected chi connectivity index (χ0v) is 10.7. The number of alkyl carbamates (subject to hydrolysis) is 1. The van der Waals surface area contributed by atoms with E-state index >= 15 is 0 Å². The predicted octanol–water partition coefficient (Wildman–Crippen LogP) is 1.51. The highest BCUT2D eigenvalue weighted by Gasteiger charge is 2.26. The summed E-state index contributed by atoms with van der Waals surface area (Å²) in [4.78, 5) is 22.5. The van der Waals surface area contributed by atoms with E-state index in [2.05, 4.69) is 5.32 Å². The van der Waals surface area contributed by atoms with Crippen molar-refractivity contribution >= 4 is 12.4 Å². The number of ether oxygens (including phenoxy) is 2. The van der Waals surface area contributed by atoms with Crippen LogP contribution in [0.5, 0.6) is 0 Å². The lowest BCUT2D eigenvalue weighted by molar-refractivity contribution is -0.111. The van der Waals surface area contributed by atoms with Crippen LogP contribution in [0.25, 0.3) is 0 Å². The lowest BCUT2D eigenvalue weighted by Crippen LogP contribution is -2.45. The maximum atomic E-state index is 11.5. The van der Waals surface area contributed by atoms with Crippen molar-refractivity contribution in [2.75, 3.05) is 13.2 Å². The van der Waals surface area contributed by atoms with Crippen LogP contribution in [0.1, 0.15) is 33.6 Å². The van der Waals surface area contributed by atoms with Gasteiger partial charge >= 0.3 is 6.09 Å². The minimum Gasteiger partial charge on any atom is -0.444 e. The van der Waals surface area contributed by atoms with Crippen LogP contribution in [-0.4, -0.2) is 37.2 Å². The molecule has 1 N–H and O–H groups in total. The van der Waals surface area contributed by atoms with Crippen LogP contribution in [0.3, 0.4) is 0 Å². The minimum absolute atomic E-state index is 0.147. The molecule has 0 aromatic carbocycles. The minimum atomic E-state index is -0.548. The number of hydrogen-bond donors (Lipinski definition) is 1. The van der Waals surface area contributed by atoms with Crippen LogP contribution < -0.4 is 5.32 Å². The van der Waals surface area contributed by atoms with E-state index in [1.54, 1.807) is 20.8 Å². The fourth-order valence-electron chi connectivity index (χ4n) is 1.78. The summed E-state index contributed by atoms with van der Waals surface area (Å²) in [6.45, 7) is 6.65. The van der Waals surface area contributed by atoms with Crippen LogP contribution >= 0.6 is 0 Å². The summed E-state index contributed by atoms with van der Waals surface area (Å²) in [6, 6.07) is -0.478. The first-order chi connectivity index (χ1) is 7.92. The van der Waals surface area contributed by atoms with E-state index in [1.165, 1.54) is 0 Å². The van der Waals surface area contributed by atoms with E-state index < -0.39 is 17.7 Å². The molecule has 1 unspecified atom stereocenters. The summed E-state index contributed by atoms with van der Waals surface area (Å²) in [6.07, 6.45) is 1.82. The number of carbonyl (C=O) groups is 2. The summed E-state index contributed by atoms with van der Waals surface area (Å²) in [5.74, 6) is 0.147. The molecule has 1 fully saturated rings. The number of nitrogens with one attached hydrogen (secondary N) is 1. The van der Waals surface area contributed by atoms with Gasteiger partial charge < -0.3 is 19.6 Å². The smallest absolute Gasteiger partial charge is 0.408 e. The summed E-state index contributed by atoms with van der Waals surface area (Å²) in [7, 11) is 0. The molecule has 0 aromatic heterocycles. The summed E-state index contributed by atoms with van der Waals surface area (Å²) in [5.41, 5.74) is -0.548. The zero-order valence-electron chi connectivity index (χ0n) is 10.7. The third kappa shape index (κ3) is 5.17. The highest BCUT2D eigenvalue weighted by Crippen LogP contribution is 2.18. The van der Waals surface area contributed by atoms with Gasteiger partial charge in [-0.05, 0) is 39.5 Å². The Kier molecular flexibility index (Phi) is 4.93. The van der Waals surface area contributed by atoms with E-state index in [4.69, 9.17) is 9.47 Å². The first-order valence-corrected chi connectivity index (χ1v) is 5.95. The van der Waals surface area contributed by atoms with E-state index in [1.807, 2.05) is 0 Å². The lowest BCUT2D eigenvalue weighted by atomic mass is 9.93. The second-order valence-corrected chi connectivity index (χ2v) is 5.26. The third-order valence-electron chi connectivity index (χ3n) is 2.60. The molecule has 1 amide bonds. The van der Waals surface area contributed by atoms with Gasteiger partial charge in [0, 0.05) is 13.2 Å². The van der Waals surface area contributed by atoms with Crippen LogP contribution in [0.15, 0.2) is 0 Å². The molecule has 1 heterocycles. The molecular formula is C12H21NO4. The Morgan fingerprint density at radius 3 is 2.47 bits per heavy atom. The number of aldehydes is 1. The van der Waals surface area contributed by atoms with Gasteiger partial charge in [-0.25, -0.2) is 4.79 Å². The molecular weight excluding hydrogens is 222 g/mol. The SMILES string of the molecule is CC(C)(C)OC(=O)NC(C=O)C1CCOCC1. The summed E-state index contributed by atoms with van der Waals surface area (Å²) in [5, 5.41) is 2.61. The average molecular weight is 243 g/mol. The first-order valence-electron chi connectivity index (χ1n) is 5.95. The van der Waals surface area contributed by atoms with Gasteiger partial charge in [-0.1, -0.05) is 0 Å². The Bertz CT molecular complexity index is 266. The number of hydrogen-bond acceptors (Lipinski definition) is 4. The molecule has 98 valence electrons. The number of amides is 1. The molecule has 0 bridgehead atoms. The fourth-order valence-corrected chi connectivity index (χ4v) is 1.78. The maximum Gasteiger partial charge on any atom is 0.408 e. The number of carbonyl (C=O) groups excluding carboxylic acids is 2. The standard InChI is InChI=1S/C12H21NO4/c1-12(2,3)17-11(15)13-10(8-14)9-4-6-16-7-5-9/h8-10H,4-7H2,1-3H3,(H,13,15). The van der Waals surface area contributed by atoms with E-state index in [9.17, 15) is 9.59 Å². The fraction of sp³-hybridized carbons (Fsp3) is 0.833. The molecule has 1 saturated heterocycles. The average Bonchev–Trinajstić information content (AvgIpc) is 2.24. The van der Waals surface area contributed by atoms with Crippen molar-refractivity contribution in [1.82, 2.24) is 5.32 Å². The molecule has 1 aliphatic heterocycles. The van der Waals surface area contributed by atoms with Crippen LogP contribution in [-0.2, 0) is 14.3 Å². The van der Waals surface area contributed by atoms with E-state index in [-0.39, 0.29) is 5.92 Å². The molecule has 17 heavy (non-hydrogen) atoms. The van der Waals surface area contributed by atoms with Crippen molar-refractivity contribution in [1.29, 1.82) is 0 Å². The van der Waals surface area contributed by atoms with Gasteiger partial charge in [0.15, 0.2) is 0 Å². The third-order valence-corrected chi connectivity index (χ3v) is 2.60. The van der Waals surface area contributed by atoms with Gasteiger partial charge in [-0.2, -0.15) is 0 Å². The first kappa shape index (κ1) is 14.0. The highest BCUT2D eigenvalue weighted by molar-refractivity contribution is 5.73. The summed E-state index contributed by atoms with van der Waals surface area (Å²) >= 11 is 0. The Morgan fingerprint density at radius 1 is 1.41 bits per heavy atom. The van der Waals surface area contributed by atoms with E-state index in [0.717, 1.165) is 19.1 Å². The van der Waals surface area contributed by atoms with Crippen molar-refractivity contribution in [2.45, 2.75) is 45.3 Å². The molecule has 0 saturated carbocycles. The predicted molar refractivity (Wildman–Crippen MR) is 62.8 cm³/mol. The largest absolute Gasteiger partial charge is 0.444 e. The Labute approximate surface area is 102 Å². The molecule has 1 rings (SSSR count). The molecule has 5 nitrogen and oxygen atoms in total. The molecule has 1 aliphatic rings.